The van der Waals surface area contributed by atoms with E-state index in [1.54, 1.807) is 28.4 Å². The predicted octanol–water partition coefficient (Wildman–Crippen LogP) is 3.76. The summed E-state index contributed by atoms with van der Waals surface area (Å²) in [5.74, 6) is 0.129. The summed E-state index contributed by atoms with van der Waals surface area (Å²) in [5.41, 5.74) is 3.67. The molecule has 4 heterocycles. The van der Waals surface area contributed by atoms with Gasteiger partial charge in [-0.2, -0.15) is 0 Å². The summed E-state index contributed by atoms with van der Waals surface area (Å²) in [6, 6.07) is 7.75. The second kappa shape index (κ2) is 8.29. The van der Waals surface area contributed by atoms with Gasteiger partial charge < -0.3 is 14.6 Å². The van der Waals surface area contributed by atoms with Gasteiger partial charge in [0.1, 0.15) is 11.0 Å². The van der Waals surface area contributed by atoms with Crippen LogP contribution >= 0.6 is 11.3 Å². The number of aryl methyl sites for hydroxylation is 1. The van der Waals surface area contributed by atoms with Crippen molar-refractivity contribution < 1.29 is 14.1 Å². The van der Waals surface area contributed by atoms with E-state index >= 15 is 0 Å². The largest absolute Gasteiger partial charge is 0.459 e. The molecule has 1 aliphatic rings. The van der Waals surface area contributed by atoms with Crippen LogP contribution in [0.4, 0.5) is 5.00 Å². The highest BCUT2D eigenvalue weighted by Gasteiger charge is 2.33. The number of hydrogen-bond donors (Lipinski definition) is 2. The Labute approximate surface area is 169 Å². The van der Waals surface area contributed by atoms with E-state index in [0.717, 1.165) is 18.1 Å². The van der Waals surface area contributed by atoms with Gasteiger partial charge in [0, 0.05) is 22.8 Å². The van der Waals surface area contributed by atoms with Crippen molar-refractivity contribution in [3.8, 4) is 0 Å². The first-order valence-electron chi connectivity index (χ1n) is 9.84. The molecule has 3 aromatic rings. The van der Waals surface area contributed by atoms with Crippen LogP contribution in [0.25, 0.3) is 0 Å². The van der Waals surface area contributed by atoms with Gasteiger partial charge in [0.05, 0.1) is 24.9 Å². The summed E-state index contributed by atoms with van der Waals surface area (Å²) in [7, 11) is 0. The Morgan fingerprint density at radius 1 is 1.21 bits per heavy atom. The normalized spacial score (nSPS) is 16.1. The van der Waals surface area contributed by atoms with Gasteiger partial charge in [0.2, 0.25) is 0 Å². The molecule has 0 saturated carbocycles. The molecular weight excluding hydrogens is 370 g/mol. The number of furan rings is 1. The Bertz CT molecular complexity index is 928. The minimum Gasteiger partial charge on any atom is -0.459 e. The highest BCUT2D eigenvalue weighted by Crippen LogP contribution is 2.38. The van der Waals surface area contributed by atoms with Crippen LogP contribution in [-0.2, 0) is 0 Å². The molecule has 0 unspecified atom stereocenters. The number of quaternary nitrogens is 1. The molecule has 0 bridgehead atoms. The molecule has 1 saturated heterocycles. The maximum absolute atomic E-state index is 12.7. The minimum atomic E-state index is -0.203. The number of nitrogens with one attached hydrogen (secondary N) is 2. The summed E-state index contributed by atoms with van der Waals surface area (Å²) in [5, 5.41) is 4.04. The van der Waals surface area contributed by atoms with E-state index in [1.165, 1.54) is 47.1 Å². The molecule has 4 rings (SSSR count). The zero-order valence-corrected chi connectivity index (χ0v) is 17.1. The number of nitrogens with zero attached hydrogens (tertiary/aromatic N) is 1. The molecule has 1 aliphatic heterocycles. The van der Waals surface area contributed by atoms with Crippen molar-refractivity contribution in [2.24, 2.45) is 0 Å². The molecule has 0 aliphatic carbocycles. The molecule has 1 amide bonds. The highest BCUT2D eigenvalue weighted by atomic mass is 32.1. The number of hydrogen-bond acceptors (Lipinski definition) is 4. The lowest BCUT2D eigenvalue weighted by molar-refractivity contribution is -0.930. The third kappa shape index (κ3) is 3.75. The van der Waals surface area contributed by atoms with Crippen LogP contribution in [0.3, 0.4) is 0 Å². The first kappa shape index (κ1) is 18.9. The highest BCUT2D eigenvalue weighted by molar-refractivity contribution is 7.16. The van der Waals surface area contributed by atoms with Crippen LogP contribution in [0.15, 0.2) is 47.3 Å². The van der Waals surface area contributed by atoms with Crippen molar-refractivity contribution in [2.75, 3.05) is 18.4 Å². The number of carbonyl (C=O) groups excluding carboxylic acids is 1. The number of piperidine rings is 1. The lowest BCUT2D eigenvalue weighted by atomic mass is 9.94. The summed E-state index contributed by atoms with van der Waals surface area (Å²) < 4.78 is 5.28. The third-order valence-electron chi connectivity index (χ3n) is 5.61. The van der Waals surface area contributed by atoms with Crippen molar-refractivity contribution in [1.82, 2.24) is 4.98 Å². The summed E-state index contributed by atoms with van der Waals surface area (Å²) in [6.07, 6.45) is 9.09. The molecule has 2 N–H and O–H groups in total. The second-order valence-electron chi connectivity index (χ2n) is 7.40. The van der Waals surface area contributed by atoms with Gasteiger partial charge in [-0.25, -0.2) is 0 Å². The number of thiophene rings is 1. The lowest BCUT2D eigenvalue weighted by Crippen LogP contribution is -3.13. The maximum Gasteiger partial charge on any atom is 0.291 e. The zero-order chi connectivity index (χ0) is 19.5. The van der Waals surface area contributed by atoms with E-state index in [9.17, 15) is 4.79 Å². The number of pyridine rings is 1. The molecule has 28 heavy (non-hydrogen) atoms. The number of rotatable bonds is 5. The fourth-order valence-electron chi connectivity index (χ4n) is 4.11. The van der Waals surface area contributed by atoms with Gasteiger partial charge in [-0.05, 0) is 62.9 Å². The number of anilines is 1. The molecule has 5 nitrogen and oxygen atoms in total. The van der Waals surface area contributed by atoms with E-state index < -0.39 is 0 Å². The second-order valence-corrected chi connectivity index (χ2v) is 8.62. The summed E-state index contributed by atoms with van der Waals surface area (Å²) in [6.45, 7) is 6.56. The standard InChI is InChI=1S/C22H25N3O2S/c1-15-16(2)28-22(24-21(26)18-9-7-13-27-18)19(15)20(17-8-6-10-23-14-17)25-11-4-3-5-12-25/h6-10,13-14,20H,3-5,11-12H2,1-2H3,(H,24,26)/p+1/t20-/m0/s1. The molecule has 1 fully saturated rings. The Kier molecular flexibility index (Phi) is 5.59. The van der Waals surface area contributed by atoms with Gasteiger partial charge in [-0.15, -0.1) is 11.3 Å². The number of amides is 1. The fourth-order valence-corrected chi connectivity index (χ4v) is 5.20. The van der Waals surface area contributed by atoms with Crippen LogP contribution in [-0.4, -0.2) is 24.0 Å². The fraction of sp³-hybridized carbons (Fsp3) is 0.364. The average molecular weight is 397 g/mol. The Balaban J connectivity index is 1.76. The Morgan fingerprint density at radius 2 is 2.04 bits per heavy atom. The molecular formula is C22H26N3O2S+. The summed E-state index contributed by atoms with van der Waals surface area (Å²) in [4.78, 5) is 19.8. The predicted molar refractivity (Wildman–Crippen MR) is 111 cm³/mol. The molecule has 6 heteroatoms. The molecule has 1 atom stereocenters. The van der Waals surface area contributed by atoms with E-state index in [4.69, 9.17) is 4.42 Å². The summed E-state index contributed by atoms with van der Waals surface area (Å²) >= 11 is 1.65. The Hall–Kier alpha value is -2.44. The van der Waals surface area contributed by atoms with Gasteiger partial charge in [0.25, 0.3) is 5.91 Å². The Morgan fingerprint density at radius 3 is 2.71 bits per heavy atom. The van der Waals surface area contributed by atoms with Crippen molar-refractivity contribution in [2.45, 2.75) is 39.2 Å². The van der Waals surface area contributed by atoms with Crippen molar-refractivity contribution in [1.29, 1.82) is 0 Å². The quantitative estimate of drug-likeness (QED) is 0.690. The van der Waals surface area contributed by atoms with Gasteiger partial charge in [-0.1, -0.05) is 0 Å². The number of carbonyl (C=O) groups is 1. The lowest BCUT2D eigenvalue weighted by Gasteiger charge is -2.32. The van der Waals surface area contributed by atoms with Gasteiger partial charge in [0.15, 0.2) is 5.76 Å². The van der Waals surface area contributed by atoms with Crippen LogP contribution in [0.2, 0.25) is 0 Å². The monoisotopic (exact) mass is 396 g/mol. The van der Waals surface area contributed by atoms with Crippen molar-refractivity contribution in [3.63, 3.8) is 0 Å². The molecule has 0 radical (unpaired) electrons. The average Bonchev–Trinajstić information content (AvgIpc) is 3.35. The maximum atomic E-state index is 12.7. The number of aromatic nitrogens is 1. The van der Waals surface area contributed by atoms with Crippen LogP contribution in [0.1, 0.15) is 57.4 Å². The van der Waals surface area contributed by atoms with E-state index in [-0.39, 0.29) is 11.9 Å². The molecule has 0 aromatic carbocycles. The van der Waals surface area contributed by atoms with Crippen molar-refractivity contribution in [3.05, 3.63) is 70.3 Å². The van der Waals surface area contributed by atoms with E-state index in [0.29, 0.717) is 5.76 Å². The van der Waals surface area contributed by atoms with Gasteiger partial charge in [-0.3, -0.25) is 9.78 Å². The van der Waals surface area contributed by atoms with E-state index in [2.05, 4.69) is 30.2 Å². The first-order valence-corrected chi connectivity index (χ1v) is 10.7. The van der Waals surface area contributed by atoms with E-state index in [1.807, 2.05) is 18.5 Å². The minimum absolute atomic E-state index is 0.172. The first-order chi connectivity index (χ1) is 13.6. The number of likely N-dealkylation sites (tertiary alicyclic amines) is 1. The van der Waals surface area contributed by atoms with Crippen molar-refractivity contribution >= 4 is 22.2 Å². The third-order valence-corrected chi connectivity index (χ3v) is 6.75. The molecule has 0 spiro atoms. The smallest absolute Gasteiger partial charge is 0.291 e. The van der Waals surface area contributed by atoms with Crippen LogP contribution < -0.4 is 10.2 Å². The molecule has 146 valence electrons. The molecule has 3 aromatic heterocycles. The van der Waals surface area contributed by atoms with Gasteiger partial charge >= 0.3 is 0 Å². The van der Waals surface area contributed by atoms with Crippen LogP contribution in [0.5, 0.6) is 0 Å². The zero-order valence-electron chi connectivity index (χ0n) is 16.3. The topological polar surface area (TPSA) is 59.6 Å². The van der Waals surface area contributed by atoms with Crippen LogP contribution in [0, 0.1) is 13.8 Å². The SMILES string of the molecule is Cc1sc(NC(=O)c2ccco2)c([C@H](c2cccnc2)[NH+]2CCCCC2)c1C.